The quantitative estimate of drug-likeness (QED) is 0.780. The molecule has 1 aromatic rings. The summed E-state index contributed by atoms with van der Waals surface area (Å²) >= 11 is 9.65. The molecule has 0 aliphatic carbocycles. The first-order valence-electron chi connectivity index (χ1n) is 6.90. The van der Waals surface area contributed by atoms with Gasteiger partial charge in [0, 0.05) is 21.6 Å². The van der Waals surface area contributed by atoms with Gasteiger partial charge in [0.2, 0.25) is 0 Å². The molecule has 0 aliphatic heterocycles. The van der Waals surface area contributed by atoms with Crippen molar-refractivity contribution in [3.05, 3.63) is 33.3 Å². The van der Waals surface area contributed by atoms with Crippen LogP contribution >= 0.6 is 27.5 Å². The Kier molecular flexibility index (Phi) is 7.37. The van der Waals surface area contributed by atoms with Gasteiger partial charge in [-0.2, -0.15) is 0 Å². The molecule has 0 saturated carbocycles. The summed E-state index contributed by atoms with van der Waals surface area (Å²) in [6, 6.07) is 6.55. The van der Waals surface area contributed by atoms with Gasteiger partial charge in [0.05, 0.1) is 0 Å². The summed E-state index contributed by atoms with van der Waals surface area (Å²) in [5.74, 6) is 0. The number of benzene rings is 1. The second-order valence-corrected chi connectivity index (χ2v) is 6.33. The van der Waals surface area contributed by atoms with E-state index in [9.17, 15) is 0 Å². The molecule has 1 atom stereocenters. The lowest BCUT2D eigenvalue weighted by Gasteiger charge is -2.27. The highest BCUT2D eigenvalue weighted by Crippen LogP contribution is 2.27. The molecule has 0 amide bonds. The van der Waals surface area contributed by atoms with Crippen molar-refractivity contribution >= 4 is 27.5 Å². The molecule has 0 bridgehead atoms. The van der Waals surface area contributed by atoms with E-state index in [0.717, 1.165) is 28.0 Å². The molecule has 0 heterocycles. The van der Waals surface area contributed by atoms with Gasteiger partial charge in [-0.3, -0.25) is 0 Å². The number of rotatable bonds is 7. The van der Waals surface area contributed by atoms with Gasteiger partial charge >= 0.3 is 0 Å². The fourth-order valence-electron chi connectivity index (χ4n) is 2.40. The Balaban J connectivity index is 2.57. The predicted molar refractivity (Wildman–Crippen MR) is 87.7 cm³/mol. The SMILES string of the molecule is CCC(CC)N(C)CCC(N)c1ccc(Br)cc1Cl. The fraction of sp³-hybridized carbons (Fsp3) is 0.600. The van der Waals surface area contributed by atoms with E-state index >= 15 is 0 Å². The third-order valence-corrected chi connectivity index (χ3v) is 4.54. The van der Waals surface area contributed by atoms with Crippen molar-refractivity contribution in [1.82, 2.24) is 4.90 Å². The van der Waals surface area contributed by atoms with E-state index in [2.05, 4.69) is 41.7 Å². The molecule has 1 unspecified atom stereocenters. The first kappa shape index (κ1) is 17.0. The van der Waals surface area contributed by atoms with E-state index in [4.69, 9.17) is 17.3 Å². The van der Waals surface area contributed by atoms with Gasteiger partial charge in [0.1, 0.15) is 0 Å². The van der Waals surface area contributed by atoms with Crippen LogP contribution in [-0.4, -0.2) is 24.5 Å². The lowest BCUT2D eigenvalue weighted by molar-refractivity contribution is 0.222. The van der Waals surface area contributed by atoms with Crippen molar-refractivity contribution in [2.24, 2.45) is 5.73 Å². The maximum atomic E-state index is 6.25. The van der Waals surface area contributed by atoms with Crippen LogP contribution in [0.3, 0.4) is 0 Å². The fourth-order valence-corrected chi connectivity index (χ4v) is 3.21. The van der Waals surface area contributed by atoms with Crippen molar-refractivity contribution in [1.29, 1.82) is 0 Å². The van der Waals surface area contributed by atoms with E-state index in [0.29, 0.717) is 6.04 Å². The van der Waals surface area contributed by atoms with Crippen LogP contribution in [0.4, 0.5) is 0 Å². The smallest absolute Gasteiger partial charge is 0.0464 e. The zero-order chi connectivity index (χ0) is 14.4. The molecule has 2 nitrogen and oxygen atoms in total. The Morgan fingerprint density at radius 1 is 1.32 bits per heavy atom. The third kappa shape index (κ3) is 5.07. The van der Waals surface area contributed by atoms with E-state index in [1.165, 1.54) is 12.8 Å². The summed E-state index contributed by atoms with van der Waals surface area (Å²) in [5, 5.41) is 0.743. The van der Waals surface area contributed by atoms with Gasteiger partial charge in [-0.1, -0.05) is 47.4 Å². The monoisotopic (exact) mass is 346 g/mol. The van der Waals surface area contributed by atoms with Crippen LogP contribution in [0.15, 0.2) is 22.7 Å². The molecule has 0 aliphatic rings. The number of hydrogen-bond donors (Lipinski definition) is 1. The van der Waals surface area contributed by atoms with Gasteiger partial charge in [-0.25, -0.2) is 0 Å². The van der Waals surface area contributed by atoms with Crippen LogP contribution < -0.4 is 5.73 Å². The predicted octanol–water partition coefficient (Wildman–Crippen LogP) is 4.61. The van der Waals surface area contributed by atoms with Crippen molar-refractivity contribution in [2.45, 2.75) is 45.2 Å². The summed E-state index contributed by atoms with van der Waals surface area (Å²) in [4.78, 5) is 2.40. The van der Waals surface area contributed by atoms with Gasteiger partial charge in [0.25, 0.3) is 0 Å². The Hall–Kier alpha value is -0.0900. The summed E-state index contributed by atoms with van der Waals surface area (Å²) in [7, 11) is 2.17. The molecule has 19 heavy (non-hydrogen) atoms. The highest BCUT2D eigenvalue weighted by atomic mass is 79.9. The van der Waals surface area contributed by atoms with Crippen molar-refractivity contribution in [3.63, 3.8) is 0 Å². The first-order chi connectivity index (χ1) is 8.99. The summed E-state index contributed by atoms with van der Waals surface area (Å²) in [5.41, 5.74) is 7.28. The minimum absolute atomic E-state index is 0.00240. The molecule has 0 aromatic heterocycles. The van der Waals surface area contributed by atoms with Gasteiger partial charge < -0.3 is 10.6 Å². The normalized spacial score (nSPS) is 13.3. The zero-order valence-corrected chi connectivity index (χ0v) is 14.3. The van der Waals surface area contributed by atoms with Crippen LogP contribution in [0.25, 0.3) is 0 Å². The molecule has 2 N–H and O–H groups in total. The molecule has 4 heteroatoms. The van der Waals surface area contributed by atoms with Crippen LogP contribution in [-0.2, 0) is 0 Å². The maximum absolute atomic E-state index is 6.25. The second kappa shape index (κ2) is 8.25. The Labute approximate surface area is 130 Å². The molecule has 0 saturated heterocycles. The number of nitrogens with two attached hydrogens (primary N) is 1. The molecular weight excluding hydrogens is 324 g/mol. The molecular formula is C15H24BrClN2. The molecule has 1 rings (SSSR count). The van der Waals surface area contributed by atoms with E-state index < -0.39 is 0 Å². The van der Waals surface area contributed by atoms with Crippen LogP contribution in [0.1, 0.15) is 44.7 Å². The third-order valence-electron chi connectivity index (χ3n) is 3.72. The lowest BCUT2D eigenvalue weighted by atomic mass is 10.0. The Morgan fingerprint density at radius 2 is 1.95 bits per heavy atom. The van der Waals surface area contributed by atoms with Gasteiger partial charge in [-0.05, 0) is 50.6 Å². The molecule has 0 fully saturated rings. The van der Waals surface area contributed by atoms with Crippen molar-refractivity contribution < 1.29 is 0 Å². The van der Waals surface area contributed by atoms with Crippen LogP contribution in [0, 0.1) is 0 Å². The minimum Gasteiger partial charge on any atom is -0.324 e. The average molecular weight is 348 g/mol. The second-order valence-electron chi connectivity index (χ2n) is 5.01. The maximum Gasteiger partial charge on any atom is 0.0464 e. The van der Waals surface area contributed by atoms with Crippen LogP contribution in [0.5, 0.6) is 0 Å². The summed E-state index contributed by atoms with van der Waals surface area (Å²) < 4.78 is 0.989. The Bertz CT molecular complexity index is 394. The standard InChI is InChI=1S/C15H24BrClN2/c1-4-12(5-2)19(3)9-8-15(18)13-7-6-11(16)10-14(13)17/h6-7,10,12,15H,4-5,8-9,18H2,1-3H3. The lowest BCUT2D eigenvalue weighted by Crippen LogP contribution is -2.33. The number of hydrogen-bond acceptors (Lipinski definition) is 2. The molecule has 0 radical (unpaired) electrons. The average Bonchev–Trinajstić information content (AvgIpc) is 2.37. The number of halogens is 2. The molecule has 0 spiro atoms. The van der Waals surface area contributed by atoms with Gasteiger partial charge in [0.15, 0.2) is 0 Å². The topological polar surface area (TPSA) is 29.3 Å². The van der Waals surface area contributed by atoms with Crippen molar-refractivity contribution in [2.75, 3.05) is 13.6 Å². The minimum atomic E-state index is -0.00240. The van der Waals surface area contributed by atoms with Crippen molar-refractivity contribution in [3.8, 4) is 0 Å². The van der Waals surface area contributed by atoms with E-state index in [-0.39, 0.29) is 6.04 Å². The van der Waals surface area contributed by atoms with Gasteiger partial charge in [-0.15, -0.1) is 0 Å². The highest BCUT2D eigenvalue weighted by Gasteiger charge is 2.14. The van der Waals surface area contributed by atoms with Crippen LogP contribution in [0.2, 0.25) is 5.02 Å². The zero-order valence-electron chi connectivity index (χ0n) is 12.0. The molecule has 108 valence electrons. The summed E-state index contributed by atoms with van der Waals surface area (Å²) in [6.07, 6.45) is 3.29. The van der Waals surface area contributed by atoms with E-state index in [1.807, 2.05) is 18.2 Å². The van der Waals surface area contributed by atoms with E-state index in [1.54, 1.807) is 0 Å². The summed E-state index contributed by atoms with van der Waals surface area (Å²) in [6.45, 7) is 5.46. The highest BCUT2D eigenvalue weighted by molar-refractivity contribution is 9.10. The largest absolute Gasteiger partial charge is 0.324 e. The first-order valence-corrected chi connectivity index (χ1v) is 8.07. The Morgan fingerprint density at radius 3 is 2.47 bits per heavy atom. The number of nitrogens with zero attached hydrogens (tertiary/aromatic N) is 1. The molecule has 1 aromatic carbocycles.